The summed E-state index contributed by atoms with van der Waals surface area (Å²) in [6, 6.07) is 11.8. The molecule has 1 aliphatic heterocycles. The van der Waals surface area contributed by atoms with Crippen LogP contribution in [0.15, 0.2) is 52.1 Å². The molecule has 1 N–H and O–H groups in total. The van der Waals surface area contributed by atoms with E-state index in [4.69, 9.17) is 0 Å². The Kier molecular flexibility index (Phi) is 6.32. The van der Waals surface area contributed by atoms with Gasteiger partial charge in [0.15, 0.2) is 0 Å². The van der Waals surface area contributed by atoms with Crippen LogP contribution < -0.4 is 11.2 Å². The second kappa shape index (κ2) is 9.54. The minimum absolute atomic E-state index is 0.0189. The molecule has 1 amide bonds. The highest BCUT2D eigenvalue weighted by Gasteiger charge is 2.28. The number of hydrogen-bond donors (Lipinski definition) is 1. The summed E-state index contributed by atoms with van der Waals surface area (Å²) in [5.41, 5.74) is 0.140. The SMILES string of the molecule is O=C(c1cc(Cn2c(=O)[nH]c(=O)c3ccccc32)ccc1F)N1CCN(C2CCCCC2)CC1. The molecule has 2 aliphatic rings. The van der Waals surface area contributed by atoms with E-state index in [-0.39, 0.29) is 18.0 Å². The minimum atomic E-state index is -0.567. The first-order chi connectivity index (χ1) is 16.5. The second-order valence-electron chi connectivity index (χ2n) is 9.30. The standard InChI is InChI=1S/C26H29FN4O3/c27-22-11-10-18(17-31-23-9-5-4-8-20(23)24(32)28-26(31)34)16-21(22)25(33)30-14-12-29(13-15-30)19-6-2-1-3-7-19/h4-5,8-11,16,19H,1-3,6-7,12-15,17H2,(H,28,32,34). The quantitative estimate of drug-likeness (QED) is 0.644. The number of carbonyl (C=O) groups excluding carboxylic acids is 1. The van der Waals surface area contributed by atoms with E-state index in [1.54, 1.807) is 35.2 Å². The van der Waals surface area contributed by atoms with E-state index < -0.39 is 17.1 Å². The van der Waals surface area contributed by atoms with Crippen molar-refractivity contribution in [3.05, 3.63) is 80.2 Å². The van der Waals surface area contributed by atoms with E-state index in [1.807, 2.05) is 0 Å². The Morgan fingerprint density at radius 2 is 1.71 bits per heavy atom. The van der Waals surface area contributed by atoms with Crippen molar-refractivity contribution in [2.75, 3.05) is 26.2 Å². The number of aromatic nitrogens is 2. The number of aromatic amines is 1. The molecule has 2 aromatic carbocycles. The van der Waals surface area contributed by atoms with Gasteiger partial charge < -0.3 is 4.90 Å². The van der Waals surface area contributed by atoms with Crippen LogP contribution in [0, 0.1) is 5.82 Å². The zero-order valence-electron chi connectivity index (χ0n) is 19.1. The van der Waals surface area contributed by atoms with E-state index in [2.05, 4.69) is 9.88 Å². The van der Waals surface area contributed by atoms with Crippen LogP contribution in [0.2, 0.25) is 0 Å². The fourth-order valence-electron chi connectivity index (χ4n) is 5.32. The van der Waals surface area contributed by atoms with Crippen molar-refractivity contribution >= 4 is 16.8 Å². The molecular formula is C26H29FN4O3. The Morgan fingerprint density at radius 3 is 2.47 bits per heavy atom. The van der Waals surface area contributed by atoms with Gasteiger partial charge in [-0.05, 0) is 42.7 Å². The number of rotatable bonds is 4. The number of piperazine rings is 1. The topological polar surface area (TPSA) is 78.4 Å². The maximum atomic E-state index is 14.7. The van der Waals surface area contributed by atoms with Crippen LogP contribution >= 0.6 is 0 Å². The predicted octanol–water partition coefficient (Wildman–Crippen LogP) is 2.97. The van der Waals surface area contributed by atoms with Crippen LogP contribution in [-0.4, -0.2) is 57.5 Å². The Balaban J connectivity index is 1.35. The first-order valence-corrected chi connectivity index (χ1v) is 12.0. The molecule has 8 heteroatoms. The zero-order valence-corrected chi connectivity index (χ0v) is 19.1. The van der Waals surface area contributed by atoms with Gasteiger partial charge in [-0.3, -0.25) is 24.0 Å². The van der Waals surface area contributed by atoms with Crippen molar-refractivity contribution < 1.29 is 9.18 Å². The summed E-state index contributed by atoms with van der Waals surface area (Å²) in [6.45, 7) is 2.92. The molecule has 2 fully saturated rings. The van der Waals surface area contributed by atoms with Gasteiger partial charge in [0.1, 0.15) is 5.82 Å². The van der Waals surface area contributed by atoms with Crippen molar-refractivity contribution in [1.82, 2.24) is 19.4 Å². The molecule has 0 spiro atoms. The largest absolute Gasteiger partial charge is 0.336 e. The summed E-state index contributed by atoms with van der Waals surface area (Å²) >= 11 is 0. The molecule has 7 nitrogen and oxygen atoms in total. The lowest BCUT2D eigenvalue weighted by Gasteiger charge is -2.40. The summed E-state index contributed by atoms with van der Waals surface area (Å²) in [5, 5.41) is 0.399. The fraction of sp³-hybridized carbons (Fsp3) is 0.423. The Morgan fingerprint density at radius 1 is 0.971 bits per heavy atom. The molecule has 3 aromatic rings. The van der Waals surface area contributed by atoms with Gasteiger partial charge in [-0.15, -0.1) is 0 Å². The summed E-state index contributed by atoms with van der Waals surface area (Å²) in [7, 11) is 0. The monoisotopic (exact) mass is 464 g/mol. The minimum Gasteiger partial charge on any atom is -0.336 e. The van der Waals surface area contributed by atoms with Gasteiger partial charge in [-0.25, -0.2) is 9.18 Å². The van der Waals surface area contributed by atoms with Crippen LogP contribution in [0.4, 0.5) is 4.39 Å². The maximum absolute atomic E-state index is 14.7. The number of halogens is 1. The molecule has 5 rings (SSSR count). The fourth-order valence-corrected chi connectivity index (χ4v) is 5.32. The lowest BCUT2D eigenvalue weighted by atomic mass is 9.94. The number of H-pyrrole nitrogens is 1. The molecule has 1 aliphatic carbocycles. The van der Waals surface area contributed by atoms with Gasteiger partial charge in [0.05, 0.1) is 23.0 Å². The summed E-state index contributed by atoms with van der Waals surface area (Å²) in [4.78, 5) is 44.3. The Bertz CT molecular complexity index is 1320. The average molecular weight is 465 g/mol. The van der Waals surface area contributed by atoms with Crippen LogP contribution in [0.3, 0.4) is 0 Å². The van der Waals surface area contributed by atoms with Crippen molar-refractivity contribution in [3.63, 3.8) is 0 Å². The Labute approximate surface area is 196 Å². The molecule has 0 atom stereocenters. The Hall–Kier alpha value is -3.26. The van der Waals surface area contributed by atoms with Crippen LogP contribution in [0.1, 0.15) is 48.0 Å². The van der Waals surface area contributed by atoms with Gasteiger partial charge in [0.2, 0.25) is 0 Å². The highest BCUT2D eigenvalue weighted by atomic mass is 19.1. The molecule has 178 valence electrons. The third-order valence-corrected chi connectivity index (χ3v) is 7.20. The lowest BCUT2D eigenvalue weighted by molar-refractivity contribution is 0.0519. The highest BCUT2D eigenvalue weighted by molar-refractivity contribution is 5.94. The van der Waals surface area contributed by atoms with Crippen molar-refractivity contribution in [2.24, 2.45) is 0 Å². The van der Waals surface area contributed by atoms with Gasteiger partial charge in [0.25, 0.3) is 11.5 Å². The normalized spacial score (nSPS) is 17.9. The van der Waals surface area contributed by atoms with Crippen LogP contribution in [0.5, 0.6) is 0 Å². The van der Waals surface area contributed by atoms with E-state index in [0.29, 0.717) is 35.6 Å². The number of benzene rings is 2. The molecule has 1 saturated heterocycles. The van der Waals surface area contributed by atoms with Crippen molar-refractivity contribution in [2.45, 2.75) is 44.7 Å². The first-order valence-electron chi connectivity index (χ1n) is 12.0. The highest BCUT2D eigenvalue weighted by Crippen LogP contribution is 2.24. The van der Waals surface area contributed by atoms with E-state index >= 15 is 0 Å². The smallest absolute Gasteiger partial charge is 0.329 e. The van der Waals surface area contributed by atoms with Gasteiger partial charge >= 0.3 is 5.69 Å². The molecule has 1 saturated carbocycles. The summed E-state index contributed by atoms with van der Waals surface area (Å²) in [5.74, 6) is -0.886. The molecule has 2 heterocycles. The van der Waals surface area contributed by atoms with E-state index in [1.165, 1.54) is 48.8 Å². The number of nitrogens with zero attached hydrogens (tertiary/aromatic N) is 3. The number of para-hydroxylation sites is 1. The lowest BCUT2D eigenvalue weighted by Crippen LogP contribution is -2.52. The molecule has 0 unspecified atom stereocenters. The second-order valence-corrected chi connectivity index (χ2v) is 9.30. The van der Waals surface area contributed by atoms with Gasteiger partial charge in [0, 0.05) is 32.2 Å². The third-order valence-electron chi connectivity index (χ3n) is 7.20. The molecule has 0 radical (unpaired) electrons. The zero-order chi connectivity index (χ0) is 23.7. The number of fused-ring (bicyclic) bond motifs is 1. The molecular weight excluding hydrogens is 435 g/mol. The van der Waals surface area contributed by atoms with Crippen LogP contribution in [0.25, 0.3) is 10.9 Å². The van der Waals surface area contributed by atoms with E-state index in [9.17, 15) is 18.8 Å². The summed E-state index contributed by atoms with van der Waals surface area (Å²) in [6.07, 6.45) is 6.31. The third kappa shape index (κ3) is 4.42. The average Bonchev–Trinajstić information content (AvgIpc) is 2.88. The number of carbonyl (C=O) groups is 1. The van der Waals surface area contributed by atoms with E-state index in [0.717, 1.165) is 13.1 Å². The van der Waals surface area contributed by atoms with Gasteiger partial charge in [-0.1, -0.05) is 37.5 Å². The molecule has 0 bridgehead atoms. The van der Waals surface area contributed by atoms with Gasteiger partial charge in [-0.2, -0.15) is 0 Å². The first kappa shape index (κ1) is 22.5. The number of nitrogens with one attached hydrogen (secondary N) is 1. The van der Waals surface area contributed by atoms with Crippen molar-refractivity contribution in [3.8, 4) is 0 Å². The summed E-state index contributed by atoms with van der Waals surface area (Å²) < 4.78 is 16.1. The number of amides is 1. The predicted molar refractivity (Wildman–Crippen MR) is 129 cm³/mol. The number of hydrogen-bond acceptors (Lipinski definition) is 4. The molecule has 1 aromatic heterocycles. The maximum Gasteiger partial charge on any atom is 0.329 e. The molecule has 34 heavy (non-hydrogen) atoms. The van der Waals surface area contributed by atoms with Crippen molar-refractivity contribution in [1.29, 1.82) is 0 Å². The van der Waals surface area contributed by atoms with Crippen LogP contribution in [-0.2, 0) is 6.54 Å².